The minimum Gasteiger partial charge on any atom is -0.372 e. The smallest absolute Gasteiger partial charge is 0.0840 e. The van der Waals surface area contributed by atoms with Crippen LogP contribution in [0.2, 0.25) is 0 Å². The fourth-order valence-electron chi connectivity index (χ4n) is 3.60. The molecule has 2 nitrogen and oxygen atoms in total. The molecule has 0 aromatic heterocycles. The van der Waals surface area contributed by atoms with Crippen molar-refractivity contribution < 1.29 is 4.74 Å². The van der Waals surface area contributed by atoms with Crippen LogP contribution in [-0.4, -0.2) is 24.8 Å². The Morgan fingerprint density at radius 2 is 2.12 bits per heavy atom. The summed E-state index contributed by atoms with van der Waals surface area (Å²) in [7, 11) is 0. The first kappa shape index (κ1) is 13.4. The molecule has 2 aliphatic rings. The van der Waals surface area contributed by atoms with E-state index in [1.54, 1.807) is 0 Å². The number of hydrogen-bond acceptors (Lipinski definition) is 2. The van der Waals surface area contributed by atoms with Gasteiger partial charge in [-0.2, -0.15) is 0 Å². The number of morpholine rings is 1. The van der Waals surface area contributed by atoms with Crippen molar-refractivity contribution in [2.45, 2.75) is 71.4 Å². The zero-order valence-corrected chi connectivity index (χ0v) is 12.0. The predicted molar refractivity (Wildman–Crippen MR) is 72.2 cm³/mol. The molecule has 2 heteroatoms. The molecule has 0 amide bonds. The quantitative estimate of drug-likeness (QED) is 0.815. The summed E-state index contributed by atoms with van der Waals surface area (Å²) < 4.78 is 6.26. The molecule has 17 heavy (non-hydrogen) atoms. The van der Waals surface area contributed by atoms with E-state index >= 15 is 0 Å². The highest BCUT2D eigenvalue weighted by molar-refractivity contribution is 5.04. The summed E-state index contributed by atoms with van der Waals surface area (Å²) in [5.74, 6) is 0.801. The van der Waals surface area contributed by atoms with Gasteiger partial charge in [0.15, 0.2) is 0 Å². The molecule has 1 saturated carbocycles. The Kier molecular flexibility index (Phi) is 3.84. The topological polar surface area (TPSA) is 21.3 Å². The summed E-state index contributed by atoms with van der Waals surface area (Å²) in [4.78, 5) is 0. The highest BCUT2D eigenvalue weighted by atomic mass is 16.5. The van der Waals surface area contributed by atoms with Crippen LogP contribution in [0.15, 0.2) is 0 Å². The van der Waals surface area contributed by atoms with Crippen molar-refractivity contribution in [1.29, 1.82) is 0 Å². The first-order chi connectivity index (χ1) is 7.97. The van der Waals surface area contributed by atoms with Gasteiger partial charge in [-0.3, -0.25) is 0 Å². The lowest BCUT2D eigenvalue weighted by Crippen LogP contribution is -2.57. The molecule has 0 radical (unpaired) electrons. The van der Waals surface area contributed by atoms with E-state index < -0.39 is 0 Å². The molecule has 1 N–H and O–H groups in total. The number of ether oxygens (including phenoxy) is 1. The number of nitrogens with one attached hydrogen (secondary N) is 1. The van der Waals surface area contributed by atoms with E-state index in [1.165, 1.54) is 32.1 Å². The Labute approximate surface area is 107 Å². The Morgan fingerprint density at radius 3 is 2.71 bits per heavy atom. The van der Waals surface area contributed by atoms with Crippen LogP contribution < -0.4 is 5.32 Å². The molecule has 100 valence electrons. The molecule has 2 fully saturated rings. The Bertz CT molecular complexity index is 264. The number of rotatable bonds is 3. The van der Waals surface area contributed by atoms with E-state index in [-0.39, 0.29) is 5.60 Å². The van der Waals surface area contributed by atoms with Crippen LogP contribution in [0.25, 0.3) is 0 Å². The van der Waals surface area contributed by atoms with Crippen LogP contribution in [-0.2, 0) is 4.74 Å². The minimum atomic E-state index is 0.144. The SMILES string of the molecule is CCC(C)CC1NCCOC12CCC(C)(C)C2. The van der Waals surface area contributed by atoms with Gasteiger partial charge in [0.1, 0.15) is 0 Å². The molecule has 1 heterocycles. The second-order valence-electron chi connectivity index (χ2n) is 7.01. The average molecular weight is 239 g/mol. The molecule has 0 aromatic carbocycles. The molecule has 1 saturated heterocycles. The lowest BCUT2D eigenvalue weighted by Gasteiger charge is -2.44. The van der Waals surface area contributed by atoms with Crippen molar-refractivity contribution in [2.75, 3.05) is 13.2 Å². The van der Waals surface area contributed by atoms with E-state index in [0.717, 1.165) is 19.1 Å². The minimum absolute atomic E-state index is 0.144. The van der Waals surface area contributed by atoms with Crippen LogP contribution in [0.4, 0.5) is 0 Å². The monoisotopic (exact) mass is 239 g/mol. The molecule has 3 atom stereocenters. The fraction of sp³-hybridized carbons (Fsp3) is 1.00. The normalized spacial score (nSPS) is 38.5. The molecular formula is C15H29NO. The maximum absolute atomic E-state index is 6.26. The third-order valence-electron chi connectivity index (χ3n) is 4.86. The molecule has 1 aliphatic heterocycles. The fourth-order valence-corrected chi connectivity index (χ4v) is 3.60. The molecule has 1 spiro atoms. The average Bonchev–Trinajstić information content (AvgIpc) is 2.58. The molecule has 0 aromatic rings. The molecule has 0 bridgehead atoms. The van der Waals surface area contributed by atoms with Gasteiger partial charge < -0.3 is 10.1 Å². The molecule has 3 unspecified atom stereocenters. The van der Waals surface area contributed by atoms with E-state index in [2.05, 4.69) is 33.0 Å². The van der Waals surface area contributed by atoms with Gasteiger partial charge in [0.25, 0.3) is 0 Å². The summed E-state index contributed by atoms with van der Waals surface area (Å²) >= 11 is 0. The molecule has 1 aliphatic carbocycles. The van der Waals surface area contributed by atoms with Gasteiger partial charge in [-0.1, -0.05) is 34.1 Å². The van der Waals surface area contributed by atoms with Gasteiger partial charge in [-0.15, -0.1) is 0 Å². The summed E-state index contributed by atoms with van der Waals surface area (Å²) in [5, 5.41) is 3.73. The van der Waals surface area contributed by atoms with Gasteiger partial charge in [-0.05, 0) is 37.0 Å². The van der Waals surface area contributed by atoms with E-state index in [1.807, 2.05) is 0 Å². The summed E-state index contributed by atoms with van der Waals surface area (Å²) in [6, 6.07) is 0.577. The molecular weight excluding hydrogens is 210 g/mol. The predicted octanol–water partition coefficient (Wildman–Crippen LogP) is 3.36. The van der Waals surface area contributed by atoms with Gasteiger partial charge >= 0.3 is 0 Å². The van der Waals surface area contributed by atoms with Gasteiger partial charge in [0.2, 0.25) is 0 Å². The lowest BCUT2D eigenvalue weighted by molar-refractivity contribution is -0.102. The second-order valence-corrected chi connectivity index (χ2v) is 7.01. The van der Waals surface area contributed by atoms with Crippen molar-refractivity contribution >= 4 is 0 Å². The highest BCUT2D eigenvalue weighted by Gasteiger charge is 2.50. The van der Waals surface area contributed by atoms with Crippen molar-refractivity contribution in [3.63, 3.8) is 0 Å². The van der Waals surface area contributed by atoms with Gasteiger partial charge in [-0.25, -0.2) is 0 Å². The van der Waals surface area contributed by atoms with Crippen molar-refractivity contribution in [2.24, 2.45) is 11.3 Å². The lowest BCUT2D eigenvalue weighted by atomic mass is 9.81. The Hall–Kier alpha value is -0.0800. The first-order valence-electron chi connectivity index (χ1n) is 7.35. The highest BCUT2D eigenvalue weighted by Crippen LogP contribution is 2.49. The maximum atomic E-state index is 6.26. The third kappa shape index (κ3) is 2.85. The summed E-state index contributed by atoms with van der Waals surface area (Å²) in [6.45, 7) is 11.4. The maximum Gasteiger partial charge on any atom is 0.0840 e. The van der Waals surface area contributed by atoms with E-state index in [9.17, 15) is 0 Å². The van der Waals surface area contributed by atoms with Gasteiger partial charge in [0.05, 0.1) is 12.2 Å². The van der Waals surface area contributed by atoms with Gasteiger partial charge in [0, 0.05) is 12.6 Å². The van der Waals surface area contributed by atoms with Crippen molar-refractivity contribution in [1.82, 2.24) is 5.32 Å². The largest absolute Gasteiger partial charge is 0.372 e. The van der Waals surface area contributed by atoms with Crippen LogP contribution in [0.3, 0.4) is 0 Å². The number of hydrogen-bond donors (Lipinski definition) is 1. The van der Waals surface area contributed by atoms with Crippen LogP contribution in [0.5, 0.6) is 0 Å². The van der Waals surface area contributed by atoms with Crippen molar-refractivity contribution in [3.8, 4) is 0 Å². The first-order valence-corrected chi connectivity index (χ1v) is 7.35. The third-order valence-corrected chi connectivity index (χ3v) is 4.86. The zero-order chi connectivity index (χ0) is 12.5. The molecule has 2 rings (SSSR count). The second kappa shape index (κ2) is 4.89. The van der Waals surface area contributed by atoms with E-state index in [0.29, 0.717) is 11.5 Å². The standard InChI is InChI=1S/C15H29NO/c1-5-12(2)10-13-15(17-9-8-16-13)7-6-14(3,4)11-15/h12-13,16H,5-11H2,1-4H3. The zero-order valence-electron chi connectivity index (χ0n) is 12.0. The summed E-state index contributed by atoms with van der Waals surface area (Å²) in [6.07, 6.45) is 6.33. The van der Waals surface area contributed by atoms with Crippen molar-refractivity contribution in [3.05, 3.63) is 0 Å². The van der Waals surface area contributed by atoms with Crippen LogP contribution >= 0.6 is 0 Å². The Morgan fingerprint density at radius 1 is 1.35 bits per heavy atom. The van der Waals surface area contributed by atoms with Crippen LogP contribution in [0, 0.1) is 11.3 Å². The van der Waals surface area contributed by atoms with E-state index in [4.69, 9.17) is 4.74 Å². The van der Waals surface area contributed by atoms with Crippen LogP contribution in [0.1, 0.15) is 59.8 Å². The Balaban J connectivity index is 2.07. The summed E-state index contributed by atoms with van der Waals surface area (Å²) in [5.41, 5.74) is 0.609.